The van der Waals surface area contributed by atoms with E-state index in [1.807, 2.05) is 0 Å². The van der Waals surface area contributed by atoms with Gasteiger partial charge in [-0.3, -0.25) is 4.79 Å². The lowest BCUT2D eigenvalue weighted by Crippen LogP contribution is -2.19. The normalized spacial score (nSPS) is 10.2. The minimum absolute atomic E-state index is 0.0440. The Morgan fingerprint density at radius 2 is 2.05 bits per heavy atom. The van der Waals surface area contributed by atoms with Crippen LogP contribution in [0.3, 0.4) is 0 Å². The average Bonchev–Trinajstić information content (AvgIpc) is 2.37. The van der Waals surface area contributed by atoms with Gasteiger partial charge in [0.2, 0.25) is 0 Å². The largest absolute Gasteiger partial charge is 0.507 e. The molecule has 7 heteroatoms. The second-order valence-corrected chi connectivity index (χ2v) is 5.50. The Bertz CT molecular complexity index is 737. The zero-order valence-corrected chi connectivity index (χ0v) is 13.0. The number of halogens is 2. The van der Waals surface area contributed by atoms with Crippen LogP contribution in [0.15, 0.2) is 40.9 Å². The monoisotopic (exact) mass is 368 g/mol. The number of hydrogen-bond donors (Lipinski definition) is 3. The Kier molecular flexibility index (Phi) is 4.54. The van der Waals surface area contributed by atoms with Gasteiger partial charge in [-0.15, -0.1) is 0 Å². The molecule has 21 heavy (non-hydrogen) atoms. The van der Waals surface area contributed by atoms with Crippen LogP contribution in [-0.4, -0.2) is 16.0 Å². The van der Waals surface area contributed by atoms with E-state index in [9.17, 15) is 14.3 Å². The fourth-order valence-electron chi connectivity index (χ4n) is 1.77. The zero-order chi connectivity index (χ0) is 15.6. The molecule has 0 saturated heterocycles. The maximum absolute atomic E-state index is 13.7. The summed E-state index contributed by atoms with van der Waals surface area (Å²) in [4.78, 5) is 12.0. The number of nitrogens with two attached hydrogens (primary N) is 1. The third-order valence-electron chi connectivity index (χ3n) is 2.71. The summed E-state index contributed by atoms with van der Waals surface area (Å²) >= 11 is 7.96. The Balaban J connectivity index is 2.36. The number of rotatable bonds is 3. The second-order valence-electron chi connectivity index (χ2n) is 4.14. The maximum Gasteiger partial charge on any atom is 0.259 e. The zero-order valence-electron chi connectivity index (χ0n) is 10.6. The molecule has 0 aromatic heterocycles. The highest BCUT2D eigenvalue weighted by molar-refractivity contribution is 9.10. The topological polar surface area (TPSA) is 75.3 Å². The first kappa shape index (κ1) is 15.4. The van der Waals surface area contributed by atoms with E-state index >= 15 is 0 Å². The summed E-state index contributed by atoms with van der Waals surface area (Å²) in [5.74, 6) is -1.42. The lowest BCUT2D eigenvalue weighted by atomic mass is 10.1. The number of anilines is 1. The quantitative estimate of drug-likeness (QED) is 0.727. The van der Waals surface area contributed by atoms with Gasteiger partial charge in [-0.05, 0) is 30.3 Å². The number of carbonyl (C=O) groups excluding carboxylic acids is 1. The Morgan fingerprint density at radius 1 is 1.33 bits per heavy atom. The van der Waals surface area contributed by atoms with E-state index in [4.69, 9.17) is 18.0 Å². The minimum atomic E-state index is -0.625. The first-order valence-electron chi connectivity index (χ1n) is 5.78. The van der Waals surface area contributed by atoms with Gasteiger partial charge in [0.1, 0.15) is 16.6 Å². The molecule has 0 heterocycles. The van der Waals surface area contributed by atoms with Crippen LogP contribution in [-0.2, 0) is 0 Å². The lowest BCUT2D eigenvalue weighted by molar-refractivity contribution is 0.102. The predicted octanol–water partition coefficient (Wildman–Crippen LogP) is 3.18. The molecule has 1 amide bonds. The molecule has 4 N–H and O–H groups in total. The molecule has 0 aliphatic rings. The van der Waals surface area contributed by atoms with Crippen molar-refractivity contribution in [2.75, 3.05) is 5.32 Å². The van der Waals surface area contributed by atoms with Gasteiger partial charge in [-0.25, -0.2) is 4.39 Å². The van der Waals surface area contributed by atoms with Crippen molar-refractivity contribution in [2.24, 2.45) is 5.73 Å². The van der Waals surface area contributed by atoms with Crippen LogP contribution in [0, 0.1) is 5.82 Å². The van der Waals surface area contributed by atoms with Crippen LogP contribution in [0.4, 0.5) is 10.1 Å². The average molecular weight is 369 g/mol. The number of aromatic hydroxyl groups is 1. The maximum atomic E-state index is 13.7. The summed E-state index contributed by atoms with van der Waals surface area (Å²) in [7, 11) is 0. The molecule has 0 radical (unpaired) electrons. The molecule has 108 valence electrons. The number of benzene rings is 2. The lowest BCUT2D eigenvalue weighted by Gasteiger charge is -2.11. The van der Waals surface area contributed by atoms with Crippen molar-refractivity contribution in [3.05, 3.63) is 57.8 Å². The van der Waals surface area contributed by atoms with Crippen molar-refractivity contribution in [1.82, 2.24) is 0 Å². The van der Waals surface area contributed by atoms with Crippen molar-refractivity contribution in [3.63, 3.8) is 0 Å². The molecular formula is C14H10BrFN2O2S. The fourth-order valence-corrected chi connectivity index (χ4v) is 2.32. The molecule has 2 aromatic rings. The fraction of sp³-hybridized carbons (Fsp3) is 0. The van der Waals surface area contributed by atoms with Crippen LogP contribution in [0.25, 0.3) is 0 Å². The number of phenols is 1. The van der Waals surface area contributed by atoms with E-state index in [0.717, 1.165) is 0 Å². The highest BCUT2D eigenvalue weighted by Crippen LogP contribution is 2.25. The number of hydrogen-bond acceptors (Lipinski definition) is 3. The molecule has 0 bridgehead atoms. The Morgan fingerprint density at radius 3 is 2.67 bits per heavy atom. The first-order valence-corrected chi connectivity index (χ1v) is 6.98. The second kappa shape index (κ2) is 6.19. The Labute approximate surface area is 133 Å². The van der Waals surface area contributed by atoms with Crippen LogP contribution in [0.2, 0.25) is 0 Å². The van der Waals surface area contributed by atoms with Gasteiger partial charge >= 0.3 is 0 Å². The van der Waals surface area contributed by atoms with Crippen molar-refractivity contribution in [2.45, 2.75) is 0 Å². The van der Waals surface area contributed by atoms with Gasteiger partial charge in [0.15, 0.2) is 0 Å². The van der Waals surface area contributed by atoms with Crippen molar-refractivity contribution in [3.8, 4) is 5.75 Å². The molecule has 0 aliphatic heterocycles. The molecule has 0 atom stereocenters. The predicted molar refractivity (Wildman–Crippen MR) is 86.0 cm³/mol. The van der Waals surface area contributed by atoms with E-state index in [1.165, 1.54) is 30.3 Å². The summed E-state index contributed by atoms with van der Waals surface area (Å²) < 4.78 is 14.3. The standard InChI is InChI=1S/C14H10BrFN2O2S/c15-7-4-5-8(11(19)6-7)14(20)18-10-3-1-2-9(16)12(10)13(17)21/h1-6,19H,(H2,17,21)(H,18,20). The molecule has 0 spiro atoms. The first-order chi connectivity index (χ1) is 9.90. The molecule has 2 rings (SSSR count). The van der Waals surface area contributed by atoms with E-state index < -0.39 is 11.7 Å². The molecule has 0 unspecified atom stereocenters. The summed E-state index contributed by atoms with van der Waals surface area (Å²) in [6.45, 7) is 0. The number of nitrogens with one attached hydrogen (secondary N) is 1. The molecule has 0 aliphatic carbocycles. The highest BCUT2D eigenvalue weighted by atomic mass is 79.9. The molecule has 0 saturated carbocycles. The van der Waals surface area contributed by atoms with Crippen LogP contribution < -0.4 is 11.1 Å². The highest BCUT2D eigenvalue weighted by Gasteiger charge is 2.16. The summed E-state index contributed by atoms with van der Waals surface area (Å²) in [6, 6.07) is 8.53. The minimum Gasteiger partial charge on any atom is -0.507 e. The number of phenolic OH excluding ortho intramolecular Hbond substituents is 1. The van der Waals surface area contributed by atoms with Crippen molar-refractivity contribution >= 4 is 44.7 Å². The smallest absolute Gasteiger partial charge is 0.259 e. The van der Waals surface area contributed by atoms with E-state index in [2.05, 4.69) is 21.2 Å². The number of amides is 1. The number of carbonyl (C=O) groups is 1. The van der Waals surface area contributed by atoms with Gasteiger partial charge in [0.05, 0.1) is 16.8 Å². The van der Waals surface area contributed by atoms with Crippen LogP contribution in [0.1, 0.15) is 15.9 Å². The van der Waals surface area contributed by atoms with Crippen LogP contribution in [0.5, 0.6) is 5.75 Å². The van der Waals surface area contributed by atoms with Gasteiger partial charge in [0.25, 0.3) is 5.91 Å². The van der Waals surface area contributed by atoms with Crippen molar-refractivity contribution < 1.29 is 14.3 Å². The van der Waals surface area contributed by atoms with Gasteiger partial charge in [0, 0.05) is 4.47 Å². The van der Waals surface area contributed by atoms with E-state index in [1.54, 1.807) is 6.07 Å². The molecule has 4 nitrogen and oxygen atoms in total. The van der Waals surface area contributed by atoms with Gasteiger partial charge < -0.3 is 16.2 Å². The Hall–Kier alpha value is -1.99. The van der Waals surface area contributed by atoms with E-state index in [-0.39, 0.29) is 27.6 Å². The van der Waals surface area contributed by atoms with Gasteiger partial charge in [-0.2, -0.15) is 0 Å². The van der Waals surface area contributed by atoms with Crippen molar-refractivity contribution in [1.29, 1.82) is 0 Å². The number of thiocarbonyl (C=S) groups is 1. The SMILES string of the molecule is NC(=S)c1c(F)cccc1NC(=O)c1ccc(Br)cc1O. The molecular weight excluding hydrogens is 359 g/mol. The van der Waals surface area contributed by atoms with Gasteiger partial charge in [-0.1, -0.05) is 34.2 Å². The molecule has 2 aromatic carbocycles. The molecule has 0 fully saturated rings. The summed E-state index contributed by atoms with van der Waals surface area (Å²) in [6.07, 6.45) is 0. The summed E-state index contributed by atoms with van der Waals surface area (Å²) in [5, 5.41) is 12.2. The third-order valence-corrected chi connectivity index (χ3v) is 3.41. The van der Waals surface area contributed by atoms with E-state index in [0.29, 0.717) is 4.47 Å². The van der Waals surface area contributed by atoms with Crippen LogP contribution >= 0.6 is 28.1 Å². The summed E-state index contributed by atoms with van der Waals surface area (Å²) in [5.41, 5.74) is 5.62. The third kappa shape index (κ3) is 3.37.